The third-order valence-corrected chi connectivity index (χ3v) is 17.2. The molecule has 11 aromatic rings. The molecule has 6 heteroatoms. The monoisotopic (exact) mass is 955 g/mol. The van der Waals surface area contributed by atoms with E-state index in [1.165, 1.54) is 42.4 Å². The molecule has 8 aromatic carbocycles. The Balaban J connectivity index is 1.17. The lowest BCUT2D eigenvalue weighted by molar-refractivity contribution is 0.332. The van der Waals surface area contributed by atoms with Gasteiger partial charge in [-0.15, -0.1) is 11.3 Å². The van der Waals surface area contributed by atoms with Gasteiger partial charge in [-0.3, -0.25) is 0 Å². The number of nitrogens with zero attached hydrogens (tertiary/aromatic N) is 1. The normalized spacial score (nSPS) is 15.3. The van der Waals surface area contributed by atoms with Crippen molar-refractivity contribution in [2.24, 2.45) is 0 Å². The van der Waals surface area contributed by atoms with E-state index in [9.17, 15) is 0 Å². The highest BCUT2D eigenvalue weighted by Gasteiger charge is 2.41. The number of fused-ring (bicyclic) bond motifs is 11. The summed E-state index contributed by atoms with van der Waals surface area (Å²) in [6.07, 6.45) is 2.25. The second-order valence-corrected chi connectivity index (χ2v) is 25.0. The Morgan fingerprint density at radius 3 is 1.94 bits per heavy atom. The number of para-hydroxylation sites is 1. The third kappa shape index (κ3) is 7.00. The molecule has 0 saturated heterocycles. The molecular formula is C66H60BN2O2S. The van der Waals surface area contributed by atoms with Crippen LogP contribution in [0.3, 0.4) is 0 Å². The summed E-state index contributed by atoms with van der Waals surface area (Å²) in [7, 11) is 2.34. The van der Waals surface area contributed by atoms with Crippen LogP contribution in [-0.4, -0.2) is 7.28 Å². The van der Waals surface area contributed by atoms with Crippen LogP contribution < -0.4 is 21.3 Å². The molecule has 0 spiro atoms. The van der Waals surface area contributed by atoms with E-state index in [0.29, 0.717) is 0 Å². The molecule has 4 nitrogen and oxygen atoms in total. The number of nitrogens with one attached hydrogen (secondary N) is 1. The highest BCUT2D eigenvalue weighted by atomic mass is 32.1. The molecular weight excluding hydrogens is 896 g/mol. The summed E-state index contributed by atoms with van der Waals surface area (Å²) in [6, 6.07) is 56.2. The van der Waals surface area contributed by atoms with Crippen molar-refractivity contribution in [3.05, 3.63) is 174 Å². The van der Waals surface area contributed by atoms with Gasteiger partial charge in [0.25, 0.3) is 0 Å². The Morgan fingerprint density at radius 1 is 0.542 bits per heavy atom. The van der Waals surface area contributed by atoms with E-state index < -0.39 is 0 Å². The van der Waals surface area contributed by atoms with Crippen molar-refractivity contribution in [1.29, 1.82) is 0 Å². The quantitative estimate of drug-likeness (QED) is 0.175. The minimum Gasteiger partial charge on any atom is -0.469 e. The van der Waals surface area contributed by atoms with Gasteiger partial charge in [-0.05, 0) is 128 Å². The highest BCUT2D eigenvalue weighted by Crippen LogP contribution is 2.54. The number of furan rings is 2. The van der Waals surface area contributed by atoms with Crippen molar-refractivity contribution in [2.45, 2.75) is 104 Å². The fraction of sp³-hybridized carbons (Fsp3) is 0.242. The molecule has 2 aliphatic rings. The second kappa shape index (κ2) is 15.7. The molecule has 13 rings (SSSR count). The zero-order chi connectivity index (χ0) is 49.6. The summed E-state index contributed by atoms with van der Waals surface area (Å²) < 4.78 is 17.0. The lowest BCUT2D eigenvalue weighted by Crippen LogP contribution is -2.40. The maximum atomic E-state index is 7.37. The van der Waals surface area contributed by atoms with Gasteiger partial charge in [0.05, 0.1) is 22.7 Å². The molecule has 0 saturated carbocycles. The SMILES string of the molecule is CC(C)(C)c1ccc(Nc2c(-c3c4c(cc5oc6ccccc6c35)N(c3ccc(C(C)(C)C)cc3-c3ccccc3)c3c(oc5cc6c(cc35)C(C)(C)CCC6(C)C)[B]4)ccc3sc4ccccc4c23)cc1. The summed E-state index contributed by atoms with van der Waals surface area (Å²) in [5, 5.41) is 9.81. The minimum absolute atomic E-state index is 0.00240. The third-order valence-electron chi connectivity index (χ3n) is 16.1. The smallest absolute Gasteiger partial charge is 0.247 e. The molecule has 0 fully saturated rings. The Bertz CT molecular complexity index is 4000. The van der Waals surface area contributed by atoms with Crippen LogP contribution in [0, 0.1) is 0 Å². The maximum absolute atomic E-state index is 7.37. The first kappa shape index (κ1) is 44.9. The van der Waals surface area contributed by atoms with E-state index >= 15 is 0 Å². The topological polar surface area (TPSA) is 41.6 Å². The molecule has 355 valence electrons. The molecule has 0 unspecified atom stereocenters. The van der Waals surface area contributed by atoms with Crippen molar-refractivity contribution >= 4 is 111 Å². The van der Waals surface area contributed by atoms with Gasteiger partial charge in [0, 0.05) is 64.9 Å². The molecule has 1 radical (unpaired) electrons. The van der Waals surface area contributed by atoms with Crippen LogP contribution in [0.15, 0.2) is 160 Å². The largest absolute Gasteiger partial charge is 0.469 e. The predicted molar refractivity (Wildman–Crippen MR) is 309 cm³/mol. The fourth-order valence-corrected chi connectivity index (χ4v) is 13.0. The van der Waals surface area contributed by atoms with Gasteiger partial charge >= 0.3 is 0 Å². The van der Waals surface area contributed by atoms with Crippen molar-refractivity contribution < 1.29 is 8.83 Å². The highest BCUT2D eigenvalue weighted by molar-refractivity contribution is 7.26. The molecule has 3 aromatic heterocycles. The number of hydrogen-bond acceptors (Lipinski definition) is 5. The molecule has 1 aliphatic carbocycles. The van der Waals surface area contributed by atoms with Crippen molar-refractivity contribution in [3.8, 4) is 22.3 Å². The molecule has 1 N–H and O–H groups in total. The van der Waals surface area contributed by atoms with Crippen LogP contribution in [0.2, 0.25) is 0 Å². The second-order valence-electron chi connectivity index (χ2n) is 23.9. The van der Waals surface area contributed by atoms with E-state index in [1.807, 2.05) is 11.3 Å². The molecule has 0 amide bonds. The van der Waals surface area contributed by atoms with Gasteiger partial charge in [-0.25, -0.2) is 0 Å². The molecule has 72 heavy (non-hydrogen) atoms. The van der Waals surface area contributed by atoms with Crippen LogP contribution in [-0.2, 0) is 21.7 Å². The molecule has 0 atom stereocenters. The van der Waals surface area contributed by atoms with E-state index in [-0.39, 0.29) is 21.7 Å². The van der Waals surface area contributed by atoms with E-state index in [1.54, 1.807) is 0 Å². The predicted octanol–water partition coefficient (Wildman–Crippen LogP) is 18.2. The summed E-state index contributed by atoms with van der Waals surface area (Å²) >= 11 is 1.85. The molecule has 4 heterocycles. The Morgan fingerprint density at radius 2 is 1.21 bits per heavy atom. The van der Waals surface area contributed by atoms with E-state index in [4.69, 9.17) is 8.83 Å². The first-order valence-electron chi connectivity index (χ1n) is 25.7. The van der Waals surface area contributed by atoms with Crippen LogP contribution in [0.1, 0.15) is 104 Å². The lowest BCUT2D eigenvalue weighted by Gasteiger charge is -2.42. The number of thiophene rings is 1. The lowest BCUT2D eigenvalue weighted by atomic mass is 9.60. The van der Waals surface area contributed by atoms with Gasteiger partial charge in [-0.2, -0.15) is 0 Å². The summed E-state index contributed by atoms with van der Waals surface area (Å²) in [5.74, 6) is 0. The van der Waals surface area contributed by atoms with Crippen molar-refractivity contribution in [3.63, 3.8) is 0 Å². The van der Waals surface area contributed by atoms with Crippen LogP contribution >= 0.6 is 11.3 Å². The van der Waals surface area contributed by atoms with Crippen LogP contribution in [0.25, 0.3) is 75.3 Å². The fourth-order valence-electron chi connectivity index (χ4n) is 11.9. The van der Waals surface area contributed by atoms with Crippen molar-refractivity contribution in [2.75, 3.05) is 10.2 Å². The average Bonchev–Trinajstić information content (AvgIpc) is 4.05. The average molecular weight is 956 g/mol. The van der Waals surface area contributed by atoms with Gasteiger partial charge in [-0.1, -0.05) is 160 Å². The summed E-state index contributed by atoms with van der Waals surface area (Å²) in [4.78, 5) is 2.52. The Kier molecular flexibility index (Phi) is 9.81. The molecule has 0 bridgehead atoms. The summed E-state index contributed by atoms with van der Waals surface area (Å²) in [6.45, 7) is 23.4. The van der Waals surface area contributed by atoms with Crippen LogP contribution in [0.4, 0.5) is 28.4 Å². The standard InChI is InChI=1S/C66H60BN2O2S/c1-63(2,3)39-24-27-41(28-25-39)68-60-44(29-31-55-57(60)43-21-15-17-23-54(43)72-55)58-56-42-20-14-16-22-51(42)70-53(56)37-50-59(58)67-62-61(46-35-47-48(36-52(46)71-62)66(9,10)33-32-65(47,7)8)69(50)49-30-26-40(64(4,5)6)34-45(49)38-18-12-11-13-19-38/h11-31,34-37,68H,32-33H2,1-10H3. The minimum atomic E-state index is -0.0743. The Labute approximate surface area is 427 Å². The maximum Gasteiger partial charge on any atom is 0.247 e. The van der Waals surface area contributed by atoms with Gasteiger partial charge < -0.3 is 19.1 Å². The van der Waals surface area contributed by atoms with Gasteiger partial charge in [0.15, 0.2) is 0 Å². The summed E-state index contributed by atoms with van der Waals surface area (Å²) in [5.41, 5.74) is 19.7. The first-order chi connectivity index (χ1) is 34.4. The number of benzene rings is 8. The zero-order valence-electron chi connectivity index (χ0n) is 43.1. The Hall–Kier alpha value is -7.02. The van der Waals surface area contributed by atoms with E-state index in [0.717, 1.165) is 108 Å². The molecule has 1 aliphatic heterocycles. The zero-order valence-corrected chi connectivity index (χ0v) is 43.9. The van der Waals surface area contributed by atoms with Gasteiger partial charge in [0.1, 0.15) is 16.7 Å². The van der Waals surface area contributed by atoms with Crippen LogP contribution in [0.5, 0.6) is 0 Å². The number of anilines is 5. The first-order valence-corrected chi connectivity index (χ1v) is 26.5. The number of hydrogen-bond donors (Lipinski definition) is 1. The van der Waals surface area contributed by atoms with Gasteiger partial charge in [0.2, 0.25) is 7.28 Å². The van der Waals surface area contributed by atoms with E-state index in [2.05, 4.69) is 238 Å². The number of rotatable bonds is 5. The van der Waals surface area contributed by atoms with Crippen molar-refractivity contribution in [1.82, 2.24) is 0 Å².